The van der Waals surface area contributed by atoms with Crippen LogP contribution >= 0.6 is 0 Å². The monoisotopic (exact) mass is 507 g/mol. The van der Waals surface area contributed by atoms with E-state index in [1.165, 1.54) is 65.3 Å². The molecule has 0 spiro atoms. The first-order valence-corrected chi connectivity index (χ1v) is 13.7. The predicted molar refractivity (Wildman–Crippen MR) is 171 cm³/mol. The Bertz CT molecular complexity index is 2170. The summed E-state index contributed by atoms with van der Waals surface area (Å²) in [6.07, 6.45) is 1.84. The lowest BCUT2D eigenvalue weighted by Gasteiger charge is -2.14. The van der Waals surface area contributed by atoms with Gasteiger partial charge in [0.2, 0.25) is 0 Å². The molecule has 0 bridgehead atoms. The summed E-state index contributed by atoms with van der Waals surface area (Å²) in [5, 5.41) is 10.3. The van der Waals surface area contributed by atoms with E-state index in [2.05, 4.69) is 132 Å². The SMILES string of the molecule is c1ccc(-c2ccc(-c3ccc4c5ccc(-c6ccc7ccccc7c6)cc5c5ccccc5c4c3)cc2)nc1. The second-order valence-corrected chi connectivity index (χ2v) is 10.4. The summed E-state index contributed by atoms with van der Waals surface area (Å²) < 4.78 is 0. The second kappa shape index (κ2) is 9.18. The van der Waals surface area contributed by atoms with Gasteiger partial charge >= 0.3 is 0 Å². The summed E-state index contributed by atoms with van der Waals surface area (Å²) in [7, 11) is 0. The smallest absolute Gasteiger partial charge is 0.0701 e. The molecular weight excluding hydrogens is 482 g/mol. The van der Waals surface area contributed by atoms with E-state index in [4.69, 9.17) is 0 Å². The predicted octanol–water partition coefficient (Wildman–Crippen LogP) is 10.7. The molecule has 1 heteroatoms. The Kier molecular flexibility index (Phi) is 5.21. The largest absolute Gasteiger partial charge is 0.256 e. The van der Waals surface area contributed by atoms with Crippen LogP contribution in [0, 0.1) is 0 Å². The average molecular weight is 508 g/mol. The van der Waals surface area contributed by atoms with Gasteiger partial charge in [-0.15, -0.1) is 0 Å². The molecule has 0 radical (unpaired) electrons. The van der Waals surface area contributed by atoms with Crippen LogP contribution in [0.2, 0.25) is 0 Å². The van der Waals surface area contributed by atoms with Crippen LogP contribution in [0.25, 0.3) is 76.6 Å². The molecule has 8 rings (SSSR count). The van der Waals surface area contributed by atoms with E-state index in [1.54, 1.807) is 0 Å². The van der Waals surface area contributed by atoms with Gasteiger partial charge in [-0.25, -0.2) is 0 Å². The van der Waals surface area contributed by atoms with Crippen molar-refractivity contribution in [3.8, 4) is 33.5 Å². The van der Waals surface area contributed by atoms with Crippen molar-refractivity contribution in [1.82, 2.24) is 4.98 Å². The molecule has 0 unspecified atom stereocenters. The van der Waals surface area contributed by atoms with Crippen LogP contribution in [0.4, 0.5) is 0 Å². The van der Waals surface area contributed by atoms with Crippen molar-refractivity contribution in [2.24, 2.45) is 0 Å². The summed E-state index contributed by atoms with van der Waals surface area (Å²) in [6, 6.07) is 52.7. The highest BCUT2D eigenvalue weighted by Gasteiger charge is 2.12. The molecule has 40 heavy (non-hydrogen) atoms. The molecule has 1 heterocycles. The molecule has 186 valence electrons. The van der Waals surface area contributed by atoms with Crippen molar-refractivity contribution in [3.63, 3.8) is 0 Å². The highest BCUT2D eigenvalue weighted by molar-refractivity contribution is 6.26. The molecule has 0 aliphatic heterocycles. The Labute approximate surface area is 233 Å². The number of hydrogen-bond donors (Lipinski definition) is 0. The molecule has 8 aromatic rings. The van der Waals surface area contributed by atoms with Gasteiger partial charge in [-0.3, -0.25) is 4.98 Å². The van der Waals surface area contributed by atoms with Gasteiger partial charge in [-0.1, -0.05) is 115 Å². The molecule has 0 saturated carbocycles. The molecule has 0 aliphatic rings. The van der Waals surface area contributed by atoms with Gasteiger partial charge < -0.3 is 0 Å². The van der Waals surface area contributed by atoms with Crippen molar-refractivity contribution < 1.29 is 0 Å². The fourth-order valence-corrected chi connectivity index (χ4v) is 6.05. The molecule has 1 aromatic heterocycles. The van der Waals surface area contributed by atoms with Crippen molar-refractivity contribution >= 4 is 43.1 Å². The van der Waals surface area contributed by atoms with Crippen LogP contribution in [0.3, 0.4) is 0 Å². The van der Waals surface area contributed by atoms with Crippen LogP contribution in [-0.2, 0) is 0 Å². The average Bonchev–Trinajstić information content (AvgIpc) is 3.04. The second-order valence-electron chi connectivity index (χ2n) is 10.4. The lowest BCUT2D eigenvalue weighted by molar-refractivity contribution is 1.33. The van der Waals surface area contributed by atoms with Gasteiger partial charge in [0.15, 0.2) is 0 Å². The number of fused-ring (bicyclic) bond motifs is 7. The van der Waals surface area contributed by atoms with Gasteiger partial charge in [-0.2, -0.15) is 0 Å². The first-order valence-electron chi connectivity index (χ1n) is 13.7. The van der Waals surface area contributed by atoms with Crippen LogP contribution in [0.1, 0.15) is 0 Å². The first-order chi connectivity index (χ1) is 19.8. The molecule has 0 amide bonds. The van der Waals surface area contributed by atoms with Gasteiger partial charge in [-0.05, 0) is 95.7 Å². The molecular formula is C39H25N. The summed E-state index contributed by atoms with van der Waals surface area (Å²) in [5.41, 5.74) is 7.04. The maximum atomic E-state index is 4.49. The minimum Gasteiger partial charge on any atom is -0.256 e. The number of hydrogen-bond acceptors (Lipinski definition) is 1. The Morgan fingerprint density at radius 2 is 0.800 bits per heavy atom. The van der Waals surface area contributed by atoms with Gasteiger partial charge in [0, 0.05) is 11.8 Å². The third-order valence-electron chi connectivity index (χ3n) is 8.10. The summed E-state index contributed by atoms with van der Waals surface area (Å²) in [5.74, 6) is 0. The van der Waals surface area contributed by atoms with Crippen molar-refractivity contribution in [1.29, 1.82) is 0 Å². The van der Waals surface area contributed by atoms with E-state index in [0.717, 1.165) is 11.3 Å². The summed E-state index contributed by atoms with van der Waals surface area (Å²) >= 11 is 0. The molecule has 7 aromatic carbocycles. The van der Waals surface area contributed by atoms with Crippen LogP contribution in [0.15, 0.2) is 152 Å². The fourth-order valence-electron chi connectivity index (χ4n) is 6.05. The van der Waals surface area contributed by atoms with Gasteiger partial charge in [0.25, 0.3) is 0 Å². The quantitative estimate of drug-likeness (QED) is 0.217. The highest BCUT2D eigenvalue weighted by Crippen LogP contribution is 2.39. The maximum Gasteiger partial charge on any atom is 0.0701 e. The molecule has 1 nitrogen and oxygen atoms in total. The number of pyridine rings is 1. The number of aromatic nitrogens is 1. The Hall–Kier alpha value is -5.27. The van der Waals surface area contributed by atoms with E-state index >= 15 is 0 Å². The minimum absolute atomic E-state index is 0.994. The summed E-state index contributed by atoms with van der Waals surface area (Å²) in [6.45, 7) is 0. The third kappa shape index (κ3) is 3.75. The van der Waals surface area contributed by atoms with E-state index in [0.29, 0.717) is 0 Å². The van der Waals surface area contributed by atoms with Crippen molar-refractivity contribution in [3.05, 3.63) is 152 Å². The van der Waals surface area contributed by atoms with Crippen molar-refractivity contribution in [2.75, 3.05) is 0 Å². The van der Waals surface area contributed by atoms with Crippen LogP contribution in [-0.4, -0.2) is 4.98 Å². The maximum absolute atomic E-state index is 4.49. The lowest BCUT2D eigenvalue weighted by atomic mass is 9.90. The van der Waals surface area contributed by atoms with Crippen molar-refractivity contribution in [2.45, 2.75) is 0 Å². The minimum atomic E-state index is 0.994. The highest BCUT2D eigenvalue weighted by atomic mass is 14.7. The zero-order valence-electron chi connectivity index (χ0n) is 21.9. The van der Waals surface area contributed by atoms with Gasteiger partial charge in [0.05, 0.1) is 5.69 Å². The van der Waals surface area contributed by atoms with E-state index in [-0.39, 0.29) is 0 Å². The summed E-state index contributed by atoms with van der Waals surface area (Å²) in [4.78, 5) is 4.49. The number of benzene rings is 7. The van der Waals surface area contributed by atoms with E-state index in [1.807, 2.05) is 24.4 Å². The zero-order valence-corrected chi connectivity index (χ0v) is 21.9. The third-order valence-corrected chi connectivity index (χ3v) is 8.10. The standard InChI is InChI=1S/C39H25N/c1-2-8-29-23-30(17-14-26(29)7-1)32-19-21-36-35-20-18-31(24-37(35)33-9-3-4-10-34(33)38(36)25-32)27-12-15-28(16-13-27)39-11-5-6-22-40-39/h1-25H. The number of rotatable bonds is 3. The lowest BCUT2D eigenvalue weighted by Crippen LogP contribution is -1.87. The molecule has 0 N–H and O–H groups in total. The molecule has 0 atom stereocenters. The normalized spacial score (nSPS) is 11.5. The van der Waals surface area contributed by atoms with Crippen LogP contribution in [0.5, 0.6) is 0 Å². The van der Waals surface area contributed by atoms with Crippen LogP contribution < -0.4 is 0 Å². The van der Waals surface area contributed by atoms with E-state index in [9.17, 15) is 0 Å². The van der Waals surface area contributed by atoms with E-state index < -0.39 is 0 Å². The Morgan fingerprint density at radius 1 is 0.300 bits per heavy atom. The Morgan fingerprint density at radius 3 is 1.48 bits per heavy atom. The first kappa shape index (κ1) is 22.7. The fraction of sp³-hybridized carbons (Fsp3) is 0. The topological polar surface area (TPSA) is 12.9 Å². The molecule has 0 fully saturated rings. The number of nitrogens with zero attached hydrogens (tertiary/aromatic N) is 1. The zero-order chi connectivity index (χ0) is 26.5. The molecule has 0 aliphatic carbocycles. The van der Waals surface area contributed by atoms with Gasteiger partial charge in [0.1, 0.15) is 0 Å². The Balaban J connectivity index is 1.28. The molecule has 0 saturated heterocycles.